The van der Waals surface area contributed by atoms with Crippen LogP contribution in [0.2, 0.25) is 0 Å². The average molecular weight is 361 g/mol. The van der Waals surface area contributed by atoms with Crippen LogP contribution in [0.25, 0.3) is 0 Å². The normalized spacial score (nSPS) is 18.5. The third-order valence-corrected chi connectivity index (χ3v) is 5.73. The molecule has 7 nitrogen and oxygen atoms in total. The number of anilines is 2. The summed E-state index contributed by atoms with van der Waals surface area (Å²) in [5.41, 5.74) is 0.976. The van der Waals surface area contributed by atoms with Crippen molar-refractivity contribution in [2.75, 3.05) is 29.2 Å². The molecular formula is C17H19N3O4S. The minimum absolute atomic E-state index is 0.119. The van der Waals surface area contributed by atoms with Crippen molar-refractivity contribution in [1.29, 1.82) is 0 Å². The van der Waals surface area contributed by atoms with E-state index in [1.165, 1.54) is 13.3 Å². The number of rotatable bonds is 5. The lowest BCUT2D eigenvalue weighted by Crippen LogP contribution is -2.21. The van der Waals surface area contributed by atoms with Gasteiger partial charge in [0.05, 0.1) is 36.1 Å². The highest BCUT2D eigenvalue weighted by atomic mass is 32.2. The zero-order valence-corrected chi connectivity index (χ0v) is 14.5. The van der Waals surface area contributed by atoms with Crippen molar-refractivity contribution in [3.63, 3.8) is 0 Å². The first-order chi connectivity index (χ1) is 12.0. The van der Waals surface area contributed by atoms with Crippen LogP contribution in [0.1, 0.15) is 16.8 Å². The summed E-state index contributed by atoms with van der Waals surface area (Å²) in [6.45, 7) is 0. The van der Waals surface area contributed by atoms with Gasteiger partial charge in [0.15, 0.2) is 9.84 Å². The van der Waals surface area contributed by atoms with E-state index in [4.69, 9.17) is 4.74 Å². The molecule has 1 aromatic heterocycles. The first-order valence-electron chi connectivity index (χ1n) is 7.84. The van der Waals surface area contributed by atoms with E-state index in [1.54, 1.807) is 36.4 Å². The number of carbonyl (C=O) groups excluding carboxylic acids is 1. The lowest BCUT2D eigenvalue weighted by Gasteiger charge is -2.12. The van der Waals surface area contributed by atoms with Crippen molar-refractivity contribution in [3.8, 4) is 5.75 Å². The van der Waals surface area contributed by atoms with Crippen LogP contribution in [-0.2, 0) is 9.84 Å². The van der Waals surface area contributed by atoms with Gasteiger partial charge < -0.3 is 15.4 Å². The maximum Gasteiger partial charge on any atom is 0.259 e. The summed E-state index contributed by atoms with van der Waals surface area (Å²) >= 11 is 0. The Morgan fingerprint density at radius 2 is 2.04 bits per heavy atom. The number of nitrogens with zero attached hydrogens (tertiary/aromatic N) is 1. The quantitative estimate of drug-likeness (QED) is 0.845. The third-order valence-electron chi connectivity index (χ3n) is 3.96. The first-order valence-corrected chi connectivity index (χ1v) is 9.66. The molecule has 1 saturated heterocycles. The number of methoxy groups -OCH3 is 1. The van der Waals surface area contributed by atoms with Gasteiger partial charge in [0.2, 0.25) is 0 Å². The summed E-state index contributed by atoms with van der Waals surface area (Å²) in [5, 5.41) is 5.87. The molecular weight excluding hydrogens is 342 g/mol. The van der Waals surface area contributed by atoms with Gasteiger partial charge in [0.1, 0.15) is 11.6 Å². The number of hydrogen-bond donors (Lipinski definition) is 2. The molecule has 1 atom stereocenters. The van der Waals surface area contributed by atoms with Crippen LogP contribution in [0.15, 0.2) is 42.6 Å². The summed E-state index contributed by atoms with van der Waals surface area (Å²) in [4.78, 5) is 16.6. The molecule has 2 heterocycles. The van der Waals surface area contributed by atoms with Gasteiger partial charge in [-0.15, -0.1) is 0 Å². The highest BCUT2D eigenvalue weighted by molar-refractivity contribution is 7.91. The molecule has 25 heavy (non-hydrogen) atoms. The number of sulfone groups is 1. The minimum atomic E-state index is -2.94. The van der Waals surface area contributed by atoms with Crippen molar-refractivity contribution in [1.82, 2.24) is 4.98 Å². The Morgan fingerprint density at radius 3 is 2.68 bits per heavy atom. The molecule has 8 heteroatoms. The maximum atomic E-state index is 12.3. The number of amides is 1. The van der Waals surface area contributed by atoms with Gasteiger partial charge in [-0.2, -0.15) is 0 Å². The standard InChI is InChI=1S/C17H19N3O4S/c1-24-15-5-3-2-4-14(15)17(21)20-12-6-7-16(18-10-12)19-13-8-9-25(22,23)11-13/h2-7,10,13H,8-9,11H2,1H3,(H,18,19)(H,20,21). The van der Waals surface area contributed by atoms with Crippen LogP contribution in [0, 0.1) is 0 Å². The zero-order chi connectivity index (χ0) is 17.9. The van der Waals surface area contributed by atoms with E-state index in [9.17, 15) is 13.2 Å². The zero-order valence-electron chi connectivity index (χ0n) is 13.7. The van der Waals surface area contributed by atoms with E-state index in [-0.39, 0.29) is 23.5 Å². The van der Waals surface area contributed by atoms with Crippen LogP contribution in [0.4, 0.5) is 11.5 Å². The number of carbonyl (C=O) groups is 1. The summed E-state index contributed by atoms with van der Waals surface area (Å²) in [7, 11) is -1.42. The van der Waals surface area contributed by atoms with Gasteiger partial charge in [-0.05, 0) is 30.7 Å². The van der Waals surface area contributed by atoms with Crippen molar-refractivity contribution in [3.05, 3.63) is 48.2 Å². The van der Waals surface area contributed by atoms with Crippen LogP contribution in [0.5, 0.6) is 5.75 Å². The lowest BCUT2D eigenvalue weighted by molar-refractivity contribution is 0.102. The summed E-state index contributed by atoms with van der Waals surface area (Å²) in [5.74, 6) is 1.12. The van der Waals surface area contributed by atoms with Crippen LogP contribution in [0.3, 0.4) is 0 Å². The molecule has 3 rings (SSSR count). The van der Waals surface area contributed by atoms with E-state index in [1.807, 2.05) is 0 Å². The van der Waals surface area contributed by atoms with E-state index in [2.05, 4.69) is 15.6 Å². The van der Waals surface area contributed by atoms with E-state index < -0.39 is 9.84 Å². The molecule has 1 fully saturated rings. The highest BCUT2D eigenvalue weighted by Crippen LogP contribution is 2.20. The Hall–Kier alpha value is -2.61. The molecule has 1 amide bonds. The van der Waals surface area contributed by atoms with Crippen molar-refractivity contribution < 1.29 is 17.9 Å². The van der Waals surface area contributed by atoms with Crippen LogP contribution < -0.4 is 15.4 Å². The molecule has 1 aliphatic rings. The fraction of sp³-hybridized carbons (Fsp3) is 0.294. The maximum absolute atomic E-state index is 12.3. The van der Waals surface area contributed by atoms with Crippen LogP contribution >= 0.6 is 0 Å². The number of benzene rings is 1. The second-order valence-corrected chi connectivity index (χ2v) is 8.06. The molecule has 1 aliphatic heterocycles. The van der Waals surface area contributed by atoms with Gasteiger partial charge in [0.25, 0.3) is 5.91 Å². The molecule has 1 unspecified atom stereocenters. The fourth-order valence-corrected chi connectivity index (χ4v) is 4.38. The predicted octanol–water partition coefficient (Wildman–Crippen LogP) is 1.94. The number of aromatic nitrogens is 1. The first kappa shape index (κ1) is 17.2. The molecule has 0 spiro atoms. The molecule has 132 valence electrons. The van der Waals surface area contributed by atoms with E-state index in [0.29, 0.717) is 29.2 Å². The Bertz CT molecular complexity index is 866. The molecule has 0 saturated carbocycles. The topological polar surface area (TPSA) is 97.4 Å². The second kappa shape index (κ2) is 7.10. The summed E-state index contributed by atoms with van der Waals surface area (Å²) in [6.07, 6.45) is 2.11. The minimum Gasteiger partial charge on any atom is -0.496 e. The third kappa shape index (κ3) is 4.27. The Labute approximate surface area is 146 Å². The van der Waals surface area contributed by atoms with Crippen molar-refractivity contribution >= 4 is 27.2 Å². The second-order valence-electron chi connectivity index (χ2n) is 5.83. The number of nitrogens with one attached hydrogen (secondary N) is 2. The van der Waals surface area contributed by atoms with Gasteiger partial charge in [0, 0.05) is 6.04 Å². The van der Waals surface area contributed by atoms with Gasteiger partial charge >= 0.3 is 0 Å². The largest absolute Gasteiger partial charge is 0.496 e. The van der Waals surface area contributed by atoms with Gasteiger partial charge in [-0.3, -0.25) is 4.79 Å². The Kier molecular flexibility index (Phi) is 4.89. The smallest absolute Gasteiger partial charge is 0.259 e. The summed E-state index contributed by atoms with van der Waals surface area (Å²) in [6, 6.07) is 10.3. The van der Waals surface area contributed by atoms with Crippen molar-refractivity contribution in [2.24, 2.45) is 0 Å². The molecule has 1 aromatic carbocycles. The highest BCUT2D eigenvalue weighted by Gasteiger charge is 2.27. The molecule has 2 N–H and O–H groups in total. The average Bonchev–Trinajstić information content (AvgIpc) is 2.95. The molecule has 0 bridgehead atoms. The number of hydrogen-bond acceptors (Lipinski definition) is 6. The Morgan fingerprint density at radius 1 is 1.24 bits per heavy atom. The predicted molar refractivity (Wildman–Crippen MR) is 95.9 cm³/mol. The van der Waals surface area contributed by atoms with E-state index >= 15 is 0 Å². The monoisotopic (exact) mass is 361 g/mol. The van der Waals surface area contributed by atoms with Crippen molar-refractivity contribution in [2.45, 2.75) is 12.5 Å². The van der Waals surface area contributed by atoms with E-state index in [0.717, 1.165) is 0 Å². The lowest BCUT2D eigenvalue weighted by atomic mass is 10.2. The number of ether oxygens (including phenoxy) is 1. The number of pyridine rings is 1. The van der Waals surface area contributed by atoms with Crippen LogP contribution in [-0.4, -0.2) is 44.0 Å². The van der Waals surface area contributed by atoms with Gasteiger partial charge in [-0.25, -0.2) is 13.4 Å². The molecule has 0 radical (unpaired) electrons. The Balaban J connectivity index is 1.64. The number of para-hydroxylation sites is 1. The molecule has 0 aliphatic carbocycles. The SMILES string of the molecule is COc1ccccc1C(=O)Nc1ccc(NC2CCS(=O)(=O)C2)nc1. The summed E-state index contributed by atoms with van der Waals surface area (Å²) < 4.78 is 28.1. The fourth-order valence-electron chi connectivity index (χ4n) is 2.70. The molecule has 2 aromatic rings. The van der Waals surface area contributed by atoms with Gasteiger partial charge in [-0.1, -0.05) is 12.1 Å².